The summed E-state index contributed by atoms with van der Waals surface area (Å²) in [7, 11) is 0. The highest BCUT2D eigenvalue weighted by Gasteiger charge is 2.50. The molecule has 4 N–H and O–H groups in total. The summed E-state index contributed by atoms with van der Waals surface area (Å²) >= 11 is 0. The second-order valence-electron chi connectivity index (χ2n) is 8.04. The zero-order valence-corrected chi connectivity index (χ0v) is 17.0. The van der Waals surface area contributed by atoms with Crippen molar-refractivity contribution in [3.63, 3.8) is 0 Å². The fourth-order valence-corrected chi connectivity index (χ4v) is 2.99. The number of aliphatic hydroxyl groups is 3. The third kappa shape index (κ3) is 8.72. The predicted molar refractivity (Wildman–Crippen MR) is 105 cm³/mol. The third-order valence-corrected chi connectivity index (χ3v) is 5.03. The highest BCUT2D eigenvalue weighted by Crippen LogP contribution is 2.32. The molecule has 1 rings (SSSR count). The summed E-state index contributed by atoms with van der Waals surface area (Å²) in [6.45, 7) is 6.57. The van der Waals surface area contributed by atoms with Crippen molar-refractivity contribution >= 4 is 5.91 Å². The molecule has 0 heterocycles. The van der Waals surface area contributed by atoms with Crippen molar-refractivity contribution in [3.8, 4) is 0 Å². The molecule has 8 heteroatoms. The number of carbonyl (C=O) groups excluding carboxylic acids is 1. The first-order valence-electron chi connectivity index (χ1n) is 9.80. The predicted octanol–water partition coefficient (Wildman–Crippen LogP) is 3.17. The van der Waals surface area contributed by atoms with Gasteiger partial charge in [0.25, 0.3) is 0 Å². The molecule has 0 aromatic heterocycles. The van der Waals surface area contributed by atoms with E-state index in [0.717, 1.165) is 24.8 Å². The van der Waals surface area contributed by atoms with E-state index in [9.17, 15) is 33.3 Å². The molecule has 1 aliphatic rings. The molecule has 1 amide bonds. The van der Waals surface area contributed by atoms with Crippen LogP contribution in [0.5, 0.6) is 0 Å². The van der Waals surface area contributed by atoms with Gasteiger partial charge in [-0.2, -0.15) is 13.2 Å². The molecule has 166 valence electrons. The number of hydrogen-bond acceptors (Lipinski definition) is 4. The summed E-state index contributed by atoms with van der Waals surface area (Å²) in [5, 5.41) is 31.2. The lowest BCUT2D eigenvalue weighted by Crippen LogP contribution is -2.46. The highest BCUT2D eigenvalue weighted by molar-refractivity contribution is 5.77. The van der Waals surface area contributed by atoms with Crippen molar-refractivity contribution in [3.05, 3.63) is 36.0 Å². The van der Waals surface area contributed by atoms with E-state index in [1.54, 1.807) is 0 Å². The average molecular weight is 419 g/mol. The monoisotopic (exact) mass is 419 g/mol. The standard InChI is InChI=1S/C21H32F3NO4/c1-14(13-25-19(28)12-20(3,29)21(22,23)24)8-6-4-5-7-9-16-10-17(26)11-18(27)15(16)2/h5,7,9,14,17-18,26-27,29H,2,4,6,8,10-13H2,1,3H3,(H,25,28)/t14-,17-,18+,20+/m1/s1. The third-order valence-electron chi connectivity index (χ3n) is 5.03. The van der Waals surface area contributed by atoms with E-state index >= 15 is 0 Å². The van der Waals surface area contributed by atoms with E-state index in [0.29, 0.717) is 25.3 Å². The first-order chi connectivity index (χ1) is 13.3. The zero-order valence-electron chi connectivity index (χ0n) is 17.0. The van der Waals surface area contributed by atoms with Crippen LogP contribution in [-0.4, -0.2) is 51.8 Å². The highest BCUT2D eigenvalue weighted by atomic mass is 19.4. The van der Waals surface area contributed by atoms with E-state index in [1.165, 1.54) is 0 Å². The Morgan fingerprint density at radius 1 is 1.38 bits per heavy atom. The average Bonchev–Trinajstić information content (AvgIpc) is 2.58. The van der Waals surface area contributed by atoms with Gasteiger partial charge in [-0.3, -0.25) is 4.79 Å². The molecule has 1 saturated carbocycles. The molecule has 0 aliphatic heterocycles. The van der Waals surface area contributed by atoms with Crippen LogP contribution in [0.3, 0.4) is 0 Å². The molecule has 0 aromatic rings. The first kappa shape index (κ1) is 25.4. The normalized spacial score (nSPS) is 25.2. The second-order valence-corrected chi connectivity index (χ2v) is 8.04. The summed E-state index contributed by atoms with van der Waals surface area (Å²) in [6.07, 6.45) is 1.68. The minimum atomic E-state index is -4.85. The largest absolute Gasteiger partial charge is 0.417 e. The fourth-order valence-electron chi connectivity index (χ4n) is 2.99. The van der Waals surface area contributed by atoms with Crippen LogP contribution in [0.2, 0.25) is 0 Å². The molecule has 0 spiro atoms. The van der Waals surface area contributed by atoms with Crippen LogP contribution in [0, 0.1) is 5.92 Å². The van der Waals surface area contributed by atoms with Gasteiger partial charge in [0.2, 0.25) is 5.91 Å². The van der Waals surface area contributed by atoms with Crippen molar-refractivity contribution < 1.29 is 33.3 Å². The Kier molecular flexibility index (Phi) is 9.58. The van der Waals surface area contributed by atoms with Gasteiger partial charge in [0.1, 0.15) is 0 Å². The molecule has 0 radical (unpaired) electrons. The molecule has 5 nitrogen and oxygen atoms in total. The lowest BCUT2D eigenvalue weighted by Gasteiger charge is -2.26. The number of alkyl halides is 3. The van der Waals surface area contributed by atoms with Crippen LogP contribution >= 0.6 is 0 Å². The molecular formula is C21H32F3NO4. The number of rotatable bonds is 9. The fraction of sp³-hybridized carbons (Fsp3) is 0.667. The maximum absolute atomic E-state index is 12.6. The summed E-state index contributed by atoms with van der Waals surface area (Å²) in [4.78, 5) is 11.6. The van der Waals surface area contributed by atoms with Gasteiger partial charge in [0.15, 0.2) is 5.60 Å². The lowest BCUT2D eigenvalue weighted by atomic mass is 9.86. The Morgan fingerprint density at radius 2 is 2.03 bits per heavy atom. The smallest absolute Gasteiger partial charge is 0.393 e. The number of nitrogens with one attached hydrogen (secondary N) is 1. The SMILES string of the molecule is C=C1C(=CC=CCCC[C@@H](C)CNC(=O)C[C@](C)(O)C(F)(F)F)C[C@@H](O)C[C@@H]1O. The molecule has 0 bridgehead atoms. The number of carbonyl (C=O) groups is 1. The van der Waals surface area contributed by atoms with Gasteiger partial charge in [0.05, 0.1) is 18.6 Å². The van der Waals surface area contributed by atoms with E-state index in [1.807, 2.05) is 25.2 Å². The first-order valence-corrected chi connectivity index (χ1v) is 9.80. The number of hydrogen-bond donors (Lipinski definition) is 4. The van der Waals surface area contributed by atoms with Gasteiger partial charge in [-0.15, -0.1) is 0 Å². The summed E-state index contributed by atoms with van der Waals surface area (Å²) in [5.74, 6) is -0.743. The number of allylic oxidation sites excluding steroid dienone is 3. The van der Waals surface area contributed by atoms with Crippen LogP contribution < -0.4 is 5.32 Å². The lowest BCUT2D eigenvalue weighted by molar-refractivity contribution is -0.253. The van der Waals surface area contributed by atoms with Crippen LogP contribution in [0.1, 0.15) is 52.4 Å². The topological polar surface area (TPSA) is 89.8 Å². The zero-order chi connectivity index (χ0) is 22.2. The Balaban J connectivity index is 2.28. The molecule has 1 fully saturated rings. The van der Waals surface area contributed by atoms with Crippen molar-refractivity contribution in [2.24, 2.45) is 5.92 Å². The van der Waals surface area contributed by atoms with Gasteiger partial charge in [-0.05, 0) is 49.7 Å². The summed E-state index contributed by atoms with van der Waals surface area (Å²) < 4.78 is 37.7. The quantitative estimate of drug-likeness (QED) is 0.432. The van der Waals surface area contributed by atoms with Crippen molar-refractivity contribution in [1.82, 2.24) is 5.32 Å². The van der Waals surface area contributed by atoms with E-state index in [2.05, 4.69) is 11.9 Å². The number of aliphatic hydroxyl groups excluding tert-OH is 2. The van der Waals surface area contributed by atoms with Crippen LogP contribution in [0.4, 0.5) is 13.2 Å². The Hall–Kier alpha value is -1.64. The van der Waals surface area contributed by atoms with Gasteiger partial charge in [0, 0.05) is 13.0 Å². The summed E-state index contributed by atoms with van der Waals surface area (Å²) in [6, 6.07) is 0. The van der Waals surface area contributed by atoms with E-state index in [4.69, 9.17) is 0 Å². The number of amides is 1. The minimum absolute atomic E-state index is 0.0879. The van der Waals surface area contributed by atoms with Crippen molar-refractivity contribution in [2.45, 2.75) is 76.4 Å². The molecule has 1 aliphatic carbocycles. The molecular weight excluding hydrogens is 387 g/mol. The number of halogens is 3. The number of unbranched alkanes of at least 4 members (excludes halogenated alkanes) is 1. The molecule has 29 heavy (non-hydrogen) atoms. The molecule has 0 aromatic carbocycles. The maximum Gasteiger partial charge on any atom is 0.417 e. The Morgan fingerprint density at radius 3 is 2.66 bits per heavy atom. The van der Waals surface area contributed by atoms with Crippen LogP contribution in [0.25, 0.3) is 0 Å². The Bertz CT molecular complexity index is 626. The summed E-state index contributed by atoms with van der Waals surface area (Å²) in [5.41, 5.74) is -1.57. The maximum atomic E-state index is 12.6. The molecule has 0 unspecified atom stereocenters. The van der Waals surface area contributed by atoms with Gasteiger partial charge >= 0.3 is 6.18 Å². The van der Waals surface area contributed by atoms with E-state index in [-0.39, 0.29) is 12.5 Å². The molecule has 0 saturated heterocycles. The van der Waals surface area contributed by atoms with Crippen molar-refractivity contribution in [2.75, 3.05) is 6.54 Å². The molecule has 4 atom stereocenters. The van der Waals surface area contributed by atoms with Crippen LogP contribution in [-0.2, 0) is 4.79 Å². The van der Waals surface area contributed by atoms with E-state index < -0.39 is 36.3 Å². The van der Waals surface area contributed by atoms with Gasteiger partial charge in [-0.1, -0.05) is 31.7 Å². The Labute approximate surface area is 170 Å². The second kappa shape index (κ2) is 10.9. The van der Waals surface area contributed by atoms with Crippen LogP contribution in [0.15, 0.2) is 36.0 Å². The van der Waals surface area contributed by atoms with Crippen molar-refractivity contribution in [1.29, 1.82) is 0 Å². The minimum Gasteiger partial charge on any atom is -0.393 e. The van der Waals surface area contributed by atoms with Gasteiger partial charge in [-0.25, -0.2) is 0 Å². The van der Waals surface area contributed by atoms with Gasteiger partial charge < -0.3 is 20.6 Å².